The van der Waals surface area contributed by atoms with Crippen LogP contribution in [0, 0.1) is 0 Å². The van der Waals surface area contributed by atoms with Crippen molar-refractivity contribution in [2.45, 2.75) is 11.9 Å². The summed E-state index contributed by atoms with van der Waals surface area (Å²) in [5.74, 6) is -0.223. The minimum Gasteiger partial charge on any atom is -0.292 e. The first-order valence-electron chi connectivity index (χ1n) is 6.93. The molecule has 0 unspecified atom stereocenters. The van der Waals surface area contributed by atoms with Gasteiger partial charge in [-0.25, -0.2) is 17.8 Å². The minimum atomic E-state index is -4.85. The molecule has 134 valence electrons. The molecule has 0 spiro atoms. The number of aromatic nitrogens is 2. The summed E-state index contributed by atoms with van der Waals surface area (Å²) in [5.41, 5.74) is -2.96. The molecule has 0 bridgehead atoms. The third-order valence-electron chi connectivity index (χ3n) is 4.03. The third-order valence-corrected chi connectivity index (χ3v) is 5.74. The van der Waals surface area contributed by atoms with Crippen LogP contribution in [0.25, 0.3) is 5.69 Å². The van der Waals surface area contributed by atoms with Gasteiger partial charge in [-0.15, -0.1) is 0 Å². The zero-order valence-corrected chi connectivity index (χ0v) is 13.8. The predicted molar refractivity (Wildman–Crippen MR) is 83.3 cm³/mol. The van der Waals surface area contributed by atoms with E-state index in [0.717, 1.165) is 11.4 Å². The van der Waals surface area contributed by atoms with Crippen molar-refractivity contribution in [2.75, 3.05) is 11.4 Å². The van der Waals surface area contributed by atoms with Crippen molar-refractivity contribution >= 4 is 15.7 Å². The number of hydrogen-bond acceptors (Lipinski definition) is 4. The van der Waals surface area contributed by atoms with Crippen LogP contribution in [-0.4, -0.2) is 24.6 Å². The lowest BCUT2D eigenvalue weighted by molar-refractivity contribution is -0.144. The van der Waals surface area contributed by atoms with Crippen molar-refractivity contribution in [2.24, 2.45) is 7.05 Å². The second-order valence-electron chi connectivity index (χ2n) is 5.58. The summed E-state index contributed by atoms with van der Waals surface area (Å²) in [4.78, 5) is 24.3. The molecule has 2 aromatic rings. The van der Waals surface area contributed by atoms with Crippen molar-refractivity contribution in [3.63, 3.8) is 0 Å². The van der Waals surface area contributed by atoms with Gasteiger partial charge in [0, 0.05) is 20.2 Å². The van der Waals surface area contributed by atoms with Gasteiger partial charge in [0.2, 0.25) is 10.0 Å². The number of hydrogen-bond donors (Lipinski definition) is 0. The van der Waals surface area contributed by atoms with Gasteiger partial charge in [-0.2, -0.15) is 13.2 Å². The van der Waals surface area contributed by atoms with E-state index in [-0.39, 0.29) is 17.1 Å². The van der Waals surface area contributed by atoms with Gasteiger partial charge in [0.05, 0.1) is 17.1 Å². The molecule has 11 heteroatoms. The molecule has 0 aliphatic carbocycles. The smallest absolute Gasteiger partial charge is 0.292 e. The summed E-state index contributed by atoms with van der Waals surface area (Å²) in [6, 6.07) is 4.36. The molecule has 0 saturated carbocycles. The van der Waals surface area contributed by atoms with Crippen molar-refractivity contribution < 1.29 is 21.6 Å². The Labute approximate surface area is 139 Å². The summed E-state index contributed by atoms with van der Waals surface area (Å²) in [6.45, 7) is 0. The molecule has 3 rings (SSSR count). The SMILES string of the molecule is CN1c2cc(-n3c(=O)cc(C(F)(F)F)n(C)c3=O)ccc2CS1(=O)=O. The van der Waals surface area contributed by atoms with Crippen LogP contribution < -0.4 is 15.6 Å². The van der Waals surface area contributed by atoms with E-state index in [1.807, 2.05) is 0 Å². The van der Waals surface area contributed by atoms with E-state index in [0.29, 0.717) is 20.8 Å². The second kappa shape index (κ2) is 5.22. The highest BCUT2D eigenvalue weighted by Gasteiger charge is 2.35. The molecule has 1 aromatic carbocycles. The molecule has 0 N–H and O–H groups in total. The number of halogens is 3. The van der Waals surface area contributed by atoms with Crippen LogP contribution in [0.1, 0.15) is 11.3 Å². The van der Waals surface area contributed by atoms with Crippen LogP contribution in [0.2, 0.25) is 0 Å². The largest absolute Gasteiger partial charge is 0.431 e. The first-order chi connectivity index (χ1) is 11.4. The Balaban J connectivity index is 2.24. The molecule has 7 nitrogen and oxygen atoms in total. The molecule has 25 heavy (non-hydrogen) atoms. The fourth-order valence-corrected chi connectivity index (χ4v) is 3.99. The molecule has 0 atom stereocenters. The van der Waals surface area contributed by atoms with Crippen LogP contribution in [0.15, 0.2) is 33.9 Å². The Kier molecular flexibility index (Phi) is 3.60. The van der Waals surface area contributed by atoms with Gasteiger partial charge >= 0.3 is 11.9 Å². The molecule has 0 saturated heterocycles. The average molecular weight is 375 g/mol. The highest BCUT2D eigenvalue weighted by molar-refractivity contribution is 7.92. The highest BCUT2D eigenvalue weighted by Crippen LogP contribution is 2.33. The molecule has 1 aromatic heterocycles. The van der Waals surface area contributed by atoms with E-state index in [4.69, 9.17) is 0 Å². The summed E-state index contributed by atoms with van der Waals surface area (Å²) >= 11 is 0. The maximum absolute atomic E-state index is 12.9. The van der Waals surface area contributed by atoms with E-state index >= 15 is 0 Å². The fourth-order valence-electron chi connectivity index (χ4n) is 2.69. The van der Waals surface area contributed by atoms with Crippen LogP contribution in [0.5, 0.6) is 0 Å². The normalized spacial score (nSPS) is 16.1. The molecular formula is C14H12F3N3O4S. The van der Waals surface area contributed by atoms with Gasteiger partial charge in [-0.1, -0.05) is 6.07 Å². The summed E-state index contributed by atoms with van der Waals surface area (Å²) in [7, 11) is -1.30. The van der Waals surface area contributed by atoms with Gasteiger partial charge in [0.15, 0.2) is 0 Å². The molecule has 0 fully saturated rings. The lowest BCUT2D eigenvalue weighted by Crippen LogP contribution is -2.40. The Morgan fingerprint density at radius 2 is 1.72 bits per heavy atom. The monoisotopic (exact) mass is 375 g/mol. The third kappa shape index (κ3) is 2.64. The van der Waals surface area contributed by atoms with Gasteiger partial charge in [-0.05, 0) is 17.7 Å². The van der Waals surface area contributed by atoms with Crippen molar-refractivity contribution in [1.82, 2.24) is 9.13 Å². The topological polar surface area (TPSA) is 81.4 Å². The zero-order valence-electron chi connectivity index (χ0n) is 13.0. The van der Waals surface area contributed by atoms with E-state index in [1.54, 1.807) is 0 Å². The number of alkyl halides is 3. The van der Waals surface area contributed by atoms with Crippen molar-refractivity contribution in [3.8, 4) is 5.69 Å². The van der Waals surface area contributed by atoms with Crippen LogP contribution in [0.4, 0.5) is 18.9 Å². The van der Waals surface area contributed by atoms with Gasteiger partial charge < -0.3 is 0 Å². The van der Waals surface area contributed by atoms with E-state index in [2.05, 4.69) is 0 Å². The first kappa shape index (κ1) is 17.3. The zero-order chi connectivity index (χ0) is 18.7. The number of benzene rings is 1. The lowest BCUT2D eigenvalue weighted by atomic mass is 10.2. The maximum Gasteiger partial charge on any atom is 0.431 e. The number of fused-ring (bicyclic) bond motifs is 1. The number of sulfonamides is 1. The van der Waals surface area contributed by atoms with Gasteiger partial charge in [-0.3, -0.25) is 13.7 Å². The number of anilines is 1. The summed E-state index contributed by atoms with van der Waals surface area (Å²) in [6.07, 6.45) is -4.85. The average Bonchev–Trinajstić information content (AvgIpc) is 2.72. The van der Waals surface area contributed by atoms with Gasteiger partial charge in [0.1, 0.15) is 5.69 Å². The van der Waals surface area contributed by atoms with Crippen LogP contribution >= 0.6 is 0 Å². The molecule has 1 aliphatic rings. The van der Waals surface area contributed by atoms with Gasteiger partial charge in [0.25, 0.3) is 5.56 Å². The summed E-state index contributed by atoms with van der Waals surface area (Å²) in [5, 5.41) is 0. The second-order valence-corrected chi connectivity index (χ2v) is 7.58. The quantitative estimate of drug-likeness (QED) is 0.740. The van der Waals surface area contributed by atoms with Crippen LogP contribution in [-0.2, 0) is 29.0 Å². The van der Waals surface area contributed by atoms with Crippen LogP contribution in [0.3, 0.4) is 0 Å². The fraction of sp³-hybridized carbons (Fsp3) is 0.286. The van der Waals surface area contributed by atoms with E-state index < -0.39 is 33.1 Å². The minimum absolute atomic E-state index is 0.0120. The summed E-state index contributed by atoms with van der Waals surface area (Å²) < 4.78 is 64.3. The lowest BCUT2D eigenvalue weighted by Gasteiger charge is -2.15. The maximum atomic E-state index is 12.9. The number of rotatable bonds is 1. The molecule has 1 aliphatic heterocycles. The van der Waals surface area contributed by atoms with E-state index in [1.165, 1.54) is 25.2 Å². The van der Waals surface area contributed by atoms with Crippen molar-refractivity contribution in [3.05, 3.63) is 56.4 Å². The Morgan fingerprint density at radius 3 is 2.32 bits per heavy atom. The highest BCUT2D eigenvalue weighted by atomic mass is 32.2. The molecule has 2 heterocycles. The Hall–Kier alpha value is -2.56. The first-order valence-corrected chi connectivity index (χ1v) is 8.54. The Morgan fingerprint density at radius 1 is 1.08 bits per heavy atom. The molecular weight excluding hydrogens is 363 g/mol. The number of nitrogens with zero attached hydrogens (tertiary/aromatic N) is 3. The van der Waals surface area contributed by atoms with E-state index in [9.17, 15) is 31.2 Å². The molecule has 0 amide bonds. The van der Waals surface area contributed by atoms with Crippen molar-refractivity contribution in [1.29, 1.82) is 0 Å². The standard InChI is InChI=1S/C14H12F3N3O4S/c1-18-11(14(15,16)17)6-12(21)20(13(18)22)9-4-3-8-7-25(23,24)19(2)10(8)5-9/h3-6H,7H2,1-2H3. The predicted octanol–water partition coefficient (Wildman–Crippen LogP) is 0.835. The Bertz CT molecular complexity index is 1100. The molecule has 0 radical (unpaired) electrons.